The van der Waals surface area contributed by atoms with E-state index in [9.17, 15) is 14.4 Å². The zero-order chi connectivity index (χ0) is 25.9. The first-order valence-electron chi connectivity index (χ1n) is 11.4. The monoisotopic (exact) mass is 532 g/mol. The number of hydrogen-bond donors (Lipinski definition) is 1. The standard InChI is InChI=1S/C28H21ClN2O5S/c29-21-8-6-18(7-9-21)15-30-22(14-25-27(34)31(16-26(32)33)28(35)37-25)12-20-13-23(10-11-24(20)30)36-17-19-4-2-1-3-5-19/h1-14H,15-17H2,(H,32,33)/b25-14+. The van der Waals surface area contributed by atoms with Gasteiger partial charge in [-0.15, -0.1) is 0 Å². The number of hydrogen-bond acceptors (Lipinski definition) is 5. The van der Waals surface area contributed by atoms with E-state index < -0.39 is 23.7 Å². The number of imide groups is 1. The molecule has 0 atom stereocenters. The van der Waals surface area contributed by atoms with Crippen LogP contribution in [0, 0.1) is 0 Å². The Labute approximate surface area is 221 Å². The highest BCUT2D eigenvalue weighted by Crippen LogP contribution is 2.34. The Hall–Kier alpha value is -4.01. The highest BCUT2D eigenvalue weighted by Gasteiger charge is 2.36. The summed E-state index contributed by atoms with van der Waals surface area (Å²) in [5.74, 6) is -1.16. The van der Waals surface area contributed by atoms with Crippen LogP contribution < -0.4 is 4.74 Å². The van der Waals surface area contributed by atoms with Crippen LogP contribution in [-0.2, 0) is 22.7 Å². The number of carbonyl (C=O) groups is 3. The number of carboxylic acids is 1. The van der Waals surface area contributed by atoms with E-state index in [1.165, 1.54) is 0 Å². The molecule has 5 rings (SSSR count). The molecular formula is C28H21ClN2O5S. The van der Waals surface area contributed by atoms with Gasteiger partial charge >= 0.3 is 5.97 Å². The predicted molar refractivity (Wildman–Crippen MR) is 144 cm³/mol. The molecule has 1 N–H and O–H groups in total. The molecular weight excluding hydrogens is 512 g/mol. The third-order valence-corrected chi connectivity index (χ3v) is 7.01. The molecule has 0 aliphatic carbocycles. The van der Waals surface area contributed by atoms with Crippen molar-refractivity contribution >= 4 is 57.5 Å². The number of aromatic nitrogens is 1. The second-order valence-corrected chi connectivity index (χ2v) is 9.87. The molecule has 37 heavy (non-hydrogen) atoms. The van der Waals surface area contributed by atoms with Gasteiger partial charge in [0.25, 0.3) is 11.1 Å². The zero-order valence-electron chi connectivity index (χ0n) is 19.5. The largest absolute Gasteiger partial charge is 0.489 e. The normalized spacial score (nSPS) is 14.6. The van der Waals surface area contributed by atoms with Crippen LogP contribution in [0.2, 0.25) is 5.02 Å². The number of benzene rings is 3. The second kappa shape index (κ2) is 10.5. The van der Waals surface area contributed by atoms with Crippen LogP contribution in [0.3, 0.4) is 0 Å². The van der Waals surface area contributed by atoms with Gasteiger partial charge in [-0.05, 0) is 65.4 Å². The van der Waals surface area contributed by atoms with Crippen molar-refractivity contribution in [3.05, 3.63) is 106 Å². The summed E-state index contributed by atoms with van der Waals surface area (Å²) in [6, 6.07) is 25.1. The van der Waals surface area contributed by atoms with Crippen molar-refractivity contribution in [1.29, 1.82) is 0 Å². The van der Waals surface area contributed by atoms with Crippen LogP contribution in [-0.4, -0.2) is 38.2 Å². The third kappa shape index (κ3) is 5.55. The van der Waals surface area contributed by atoms with E-state index in [2.05, 4.69) is 0 Å². The van der Waals surface area contributed by atoms with Gasteiger partial charge in [0, 0.05) is 28.2 Å². The minimum Gasteiger partial charge on any atom is -0.489 e. The van der Waals surface area contributed by atoms with Gasteiger partial charge in [0.2, 0.25) is 0 Å². The van der Waals surface area contributed by atoms with Crippen molar-refractivity contribution in [2.24, 2.45) is 0 Å². The van der Waals surface area contributed by atoms with E-state index >= 15 is 0 Å². The van der Waals surface area contributed by atoms with E-state index in [1.54, 1.807) is 6.08 Å². The highest BCUT2D eigenvalue weighted by atomic mass is 35.5. The molecule has 1 fully saturated rings. The number of aliphatic carboxylic acids is 1. The van der Waals surface area contributed by atoms with Gasteiger partial charge in [0.05, 0.1) is 4.91 Å². The van der Waals surface area contributed by atoms with Gasteiger partial charge in [-0.1, -0.05) is 54.1 Å². The van der Waals surface area contributed by atoms with Gasteiger partial charge in [0.1, 0.15) is 18.9 Å². The Kier molecular flexibility index (Phi) is 7.03. The summed E-state index contributed by atoms with van der Waals surface area (Å²) in [6.45, 7) is 0.259. The van der Waals surface area contributed by atoms with E-state index in [-0.39, 0.29) is 4.91 Å². The van der Waals surface area contributed by atoms with E-state index in [4.69, 9.17) is 21.4 Å². The quantitative estimate of drug-likeness (QED) is 0.278. The summed E-state index contributed by atoms with van der Waals surface area (Å²) in [7, 11) is 0. The molecule has 1 aliphatic rings. The van der Waals surface area contributed by atoms with Crippen molar-refractivity contribution in [3.63, 3.8) is 0 Å². The van der Waals surface area contributed by atoms with Crippen LogP contribution in [0.25, 0.3) is 17.0 Å². The molecule has 2 heterocycles. The molecule has 0 unspecified atom stereocenters. The minimum atomic E-state index is -1.25. The molecule has 0 saturated carbocycles. The van der Waals surface area contributed by atoms with E-state index in [0.29, 0.717) is 29.6 Å². The van der Waals surface area contributed by atoms with Crippen LogP contribution in [0.15, 0.2) is 83.8 Å². The number of rotatable bonds is 8. The Morgan fingerprint density at radius 1 is 0.973 bits per heavy atom. The maximum Gasteiger partial charge on any atom is 0.323 e. The first kappa shape index (κ1) is 24.7. The van der Waals surface area contributed by atoms with Crippen molar-refractivity contribution < 1.29 is 24.2 Å². The van der Waals surface area contributed by atoms with Gasteiger partial charge in [-0.25, -0.2) is 0 Å². The summed E-state index contributed by atoms with van der Waals surface area (Å²) < 4.78 is 8.02. The van der Waals surface area contributed by atoms with Gasteiger partial charge in [0.15, 0.2) is 0 Å². The second-order valence-electron chi connectivity index (χ2n) is 8.44. The minimum absolute atomic E-state index is 0.173. The number of ether oxygens (including phenoxy) is 1. The summed E-state index contributed by atoms with van der Waals surface area (Å²) in [5.41, 5.74) is 3.67. The lowest BCUT2D eigenvalue weighted by Crippen LogP contribution is -2.33. The van der Waals surface area contributed by atoms with Gasteiger partial charge in [-0.3, -0.25) is 19.3 Å². The molecule has 2 amide bonds. The molecule has 9 heteroatoms. The topological polar surface area (TPSA) is 88.8 Å². The molecule has 7 nitrogen and oxygen atoms in total. The molecule has 1 aliphatic heterocycles. The fraction of sp³-hybridized carbons (Fsp3) is 0.107. The van der Waals surface area contributed by atoms with Gasteiger partial charge in [-0.2, -0.15) is 0 Å². The maximum absolute atomic E-state index is 12.8. The van der Waals surface area contributed by atoms with Crippen LogP contribution in [0.4, 0.5) is 4.79 Å². The van der Waals surface area contributed by atoms with Gasteiger partial charge < -0.3 is 14.4 Å². The van der Waals surface area contributed by atoms with Crippen molar-refractivity contribution in [2.45, 2.75) is 13.2 Å². The molecule has 1 saturated heterocycles. The summed E-state index contributed by atoms with van der Waals surface area (Å²) in [5, 5.41) is 9.98. The predicted octanol–water partition coefficient (Wildman–Crippen LogP) is 6.04. The number of halogens is 1. The van der Waals surface area contributed by atoms with Crippen molar-refractivity contribution in [2.75, 3.05) is 6.54 Å². The van der Waals surface area contributed by atoms with Crippen LogP contribution in [0.1, 0.15) is 16.8 Å². The average molecular weight is 533 g/mol. The molecule has 4 aromatic rings. The number of amides is 2. The zero-order valence-corrected chi connectivity index (χ0v) is 21.0. The highest BCUT2D eigenvalue weighted by molar-refractivity contribution is 8.18. The summed E-state index contributed by atoms with van der Waals surface area (Å²) in [6.07, 6.45) is 1.63. The maximum atomic E-state index is 12.8. The number of carboxylic acid groups (broad SMARTS) is 1. The summed E-state index contributed by atoms with van der Waals surface area (Å²) in [4.78, 5) is 37.0. The van der Waals surface area contributed by atoms with E-state index in [0.717, 1.165) is 38.7 Å². The third-order valence-electron chi connectivity index (χ3n) is 5.85. The van der Waals surface area contributed by atoms with Crippen LogP contribution in [0.5, 0.6) is 5.75 Å². The smallest absolute Gasteiger partial charge is 0.323 e. The molecule has 186 valence electrons. The Balaban J connectivity index is 1.50. The lowest BCUT2D eigenvalue weighted by atomic mass is 10.2. The Morgan fingerprint density at radius 2 is 1.73 bits per heavy atom. The number of nitrogens with zero attached hydrogens (tertiary/aromatic N) is 2. The average Bonchev–Trinajstić information content (AvgIpc) is 3.35. The van der Waals surface area contributed by atoms with Crippen molar-refractivity contribution in [1.82, 2.24) is 9.47 Å². The lowest BCUT2D eigenvalue weighted by Gasteiger charge is -2.11. The van der Waals surface area contributed by atoms with Crippen molar-refractivity contribution in [3.8, 4) is 5.75 Å². The molecule has 3 aromatic carbocycles. The molecule has 0 spiro atoms. The fourth-order valence-corrected chi connectivity index (χ4v) is 5.02. The Bertz CT molecular complexity index is 1530. The SMILES string of the molecule is O=C(O)CN1C(=O)S/C(=C/c2cc3cc(OCc4ccccc4)ccc3n2Cc2ccc(Cl)cc2)C1=O. The van der Waals surface area contributed by atoms with Crippen LogP contribution >= 0.6 is 23.4 Å². The molecule has 0 radical (unpaired) electrons. The first-order chi connectivity index (χ1) is 17.9. The van der Waals surface area contributed by atoms with E-state index in [1.807, 2.05) is 83.4 Å². The lowest BCUT2D eigenvalue weighted by molar-refractivity contribution is -0.140. The fourth-order valence-electron chi connectivity index (χ4n) is 4.08. The molecule has 1 aromatic heterocycles. The first-order valence-corrected chi connectivity index (χ1v) is 12.6. The Morgan fingerprint density at radius 3 is 2.46 bits per heavy atom. The number of carbonyl (C=O) groups excluding carboxylic acids is 2. The number of thioether (sulfide) groups is 1. The molecule has 0 bridgehead atoms. The number of fused-ring (bicyclic) bond motifs is 1. The summed E-state index contributed by atoms with van der Waals surface area (Å²) >= 11 is 6.79.